The van der Waals surface area contributed by atoms with Crippen molar-refractivity contribution in [1.82, 2.24) is 0 Å². The number of hydrogen-bond acceptors (Lipinski definition) is 12. The molecule has 12 heteroatoms. The first-order chi connectivity index (χ1) is 20.6. The molecule has 9 atom stereocenters. The molecule has 0 radical (unpaired) electrons. The van der Waals surface area contributed by atoms with Crippen molar-refractivity contribution in [2.75, 3.05) is 13.2 Å². The van der Waals surface area contributed by atoms with E-state index in [0.29, 0.717) is 0 Å². The van der Waals surface area contributed by atoms with Gasteiger partial charge >= 0.3 is 18.1 Å². The third-order valence-electron chi connectivity index (χ3n) is 10.4. The molecule has 2 unspecified atom stereocenters. The van der Waals surface area contributed by atoms with E-state index in [9.17, 15) is 34.5 Å². The molecule has 1 aromatic carbocycles. The number of benzene rings is 1. The summed E-state index contributed by atoms with van der Waals surface area (Å²) in [5.74, 6) is -5.16. The minimum atomic E-state index is -2.15. The fraction of sp³-hybridized carbons (Fsp3) is 0.625. The molecule has 3 fully saturated rings. The Bertz CT molecular complexity index is 1390. The highest BCUT2D eigenvalue weighted by molar-refractivity contribution is 6.02. The van der Waals surface area contributed by atoms with Gasteiger partial charge in [0.15, 0.2) is 11.4 Å². The highest BCUT2D eigenvalue weighted by Gasteiger charge is 2.78. The van der Waals surface area contributed by atoms with Gasteiger partial charge in [0.1, 0.15) is 17.8 Å². The molecule has 1 aliphatic heterocycles. The second-order valence-corrected chi connectivity index (χ2v) is 13.0. The van der Waals surface area contributed by atoms with Crippen LogP contribution in [0.5, 0.6) is 0 Å². The van der Waals surface area contributed by atoms with Gasteiger partial charge in [0.05, 0.1) is 42.3 Å². The van der Waals surface area contributed by atoms with Crippen LogP contribution in [0.15, 0.2) is 41.7 Å². The Morgan fingerprint density at radius 3 is 2.32 bits per heavy atom. The molecular weight excluding hydrogens is 576 g/mol. The lowest BCUT2D eigenvalue weighted by Gasteiger charge is -2.66. The largest absolute Gasteiger partial charge is 0.509 e. The smallest absolute Gasteiger partial charge is 0.455 e. The van der Waals surface area contributed by atoms with Crippen molar-refractivity contribution < 1.29 is 58.2 Å². The summed E-state index contributed by atoms with van der Waals surface area (Å²) < 4.78 is 28.6. The number of hydrogen-bond donors (Lipinski definition) is 3. The second-order valence-electron chi connectivity index (χ2n) is 13.0. The van der Waals surface area contributed by atoms with Crippen molar-refractivity contribution in [3.8, 4) is 0 Å². The summed E-state index contributed by atoms with van der Waals surface area (Å²) in [6.07, 6.45) is -6.97. The van der Waals surface area contributed by atoms with E-state index >= 15 is 0 Å². The van der Waals surface area contributed by atoms with E-state index in [1.807, 2.05) is 0 Å². The maximum atomic E-state index is 14.9. The van der Waals surface area contributed by atoms with Gasteiger partial charge in [-0.25, -0.2) is 9.59 Å². The number of allylic oxidation sites excluding steroid dienone is 1. The number of ether oxygens (including phenoxy) is 5. The Labute approximate surface area is 255 Å². The van der Waals surface area contributed by atoms with Gasteiger partial charge in [0.2, 0.25) is 5.78 Å². The highest BCUT2D eigenvalue weighted by Crippen LogP contribution is 2.64. The average molecular weight is 617 g/mol. The zero-order chi connectivity index (χ0) is 32.4. The summed E-state index contributed by atoms with van der Waals surface area (Å²) >= 11 is 0. The molecule has 240 valence electrons. The molecule has 2 bridgehead atoms. The number of aliphatic hydroxyl groups excluding tert-OH is 2. The van der Waals surface area contributed by atoms with Crippen LogP contribution >= 0.6 is 0 Å². The first kappa shape index (κ1) is 32.1. The standard InChI is InChI=1S/C32H40O12/c1-7-40-28(38)44-31-15-41-21(31)13-20(35)30(6)24(31)26(43-27(37)18-11-9-8-10-12-18)32(39)14-19(34)16(2)22(29(32,4)5)23(25(30)36)42-17(3)33/h8-12,16,19-21,24,26,34-35,39H,7,13-15H2,1-6H3/t16?,19-,20-,21+,24?,26-,30+,31-,32+/m0/s1. The van der Waals surface area contributed by atoms with Gasteiger partial charge in [-0.15, -0.1) is 0 Å². The van der Waals surface area contributed by atoms with Gasteiger partial charge in [-0.05, 0) is 31.6 Å². The van der Waals surface area contributed by atoms with E-state index in [0.717, 1.165) is 6.92 Å². The van der Waals surface area contributed by atoms with Crippen LogP contribution in [0.3, 0.4) is 0 Å². The van der Waals surface area contributed by atoms with E-state index < -0.39 is 87.9 Å². The van der Waals surface area contributed by atoms with Crippen molar-refractivity contribution in [3.05, 3.63) is 47.2 Å². The van der Waals surface area contributed by atoms with E-state index in [1.165, 1.54) is 19.1 Å². The highest BCUT2D eigenvalue weighted by atomic mass is 16.8. The van der Waals surface area contributed by atoms with Crippen LogP contribution in [0.1, 0.15) is 64.7 Å². The molecular formula is C32H40O12. The van der Waals surface area contributed by atoms with Gasteiger partial charge in [-0.2, -0.15) is 0 Å². The quantitative estimate of drug-likeness (QED) is 0.326. The minimum absolute atomic E-state index is 0.0277. The fourth-order valence-electron chi connectivity index (χ4n) is 7.93. The fourth-order valence-corrected chi connectivity index (χ4v) is 7.93. The number of rotatable bonds is 5. The van der Waals surface area contributed by atoms with Gasteiger partial charge in [-0.1, -0.05) is 39.0 Å². The molecule has 0 amide bonds. The van der Waals surface area contributed by atoms with Crippen LogP contribution in [-0.2, 0) is 33.3 Å². The molecule has 12 nitrogen and oxygen atoms in total. The molecule has 4 aliphatic rings. The van der Waals surface area contributed by atoms with E-state index in [4.69, 9.17) is 23.7 Å². The Hall–Kier alpha value is -3.32. The Morgan fingerprint density at radius 1 is 1.09 bits per heavy atom. The third-order valence-corrected chi connectivity index (χ3v) is 10.4. The average Bonchev–Trinajstić information content (AvgIpc) is 2.95. The Balaban J connectivity index is 1.84. The number of esters is 2. The molecule has 44 heavy (non-hydrogen) atoms. The van der Waals surface area contributed by atoms with Gasteiger partial charge in [0.25, 0.3) is 0 Å². The lowest BCUT2D eigenvalue weighted by molar-refractivity contribution is -0.343. The summed E-state index contributed by atoms with van der Waals surface area (Å²) in [6, 6.07) is 8.00. The van der Waals surface area contributed by atoms with Crippen molar-refractivity contribution in [2.24, 2.45) is 22.7 Å². The number of carbonyl (C=O) groups is 4. The molecule has 0 spiro atoms. The van der Waals surface area contributed by atoms with Gasteiger partial charge < -0.3 is 39.0 Å². The van der Waals surface area contributed by atoms with E-state index in [-0.39, 0.29) is 37.2 Å². The van der Waals surface area contributed by atoms with Gasteiger partial charge in [0, 0.05) is 31.1 Å². The SMILES string of the molecule is CCOC(=O)O[C@@]12CO[C@@H]1C[C@H](O)[C@@]1(C)C(=O)C(OC(C)=O)=C3C(C)[C@@H](O)C[C@@](O)([C@@H](OC(=O)c4ccccc4)C12)C3(C)C. The predicted octanol–water partition coefficient (Wildman–Crippen LogP) is 2.47. The number of ketones is 1. The molecule has 0 aromatic heterocycles. The molecule has 1 saturated heterocycles. The number of aliphatic hydroxyl groups is 3. The molecule has 1 heterocycles. The lowest BCUT2D eigenvalue weighted by Crippen LogP contribution is -2.81. The zero-order valence-electron chi connectivity index (χ0n) is 25.7. The zero-order valence-corrected chi connectivity index (χ0v) is 25.7. The molecule has 5 rings (SSSR count). The molecule has 1 aromatic rings. The Morgan fingerprint density at radius 2 is 1.75 bits per heavy atom. The summed E-state index contributed by atoms with van der Waals surface area (Å²) in [7, 11) is 0. The number of Topliss-reactive ketones (excluding diaryl/α,β-unsaturated/α-hetero) is 1. The van der Waals surface area contributed by atoms with Gasteiger partial charge in [-0.3, -0.25) is 9.59 Å². The minimum Gasteiger partial charge on any atom is -0.455 e. The monoisotopic (exact) mass is 616 g/mol. The van der Waals surface area contributed by atoms with Crippen molar-refractivity contribution in [2.45, 2.75) is 90.0 Å². The molecule has 3 N–H and O–H groups in total. The third kappa shape index (κ3) is 4.48. The van der Waals surface area contributed by atoms with Crippen LogP contribution in [0.25, 0.3) is 0 Å². The lowest BCUT2D eigenvalue weighted by atomic mass is 9.45. The van der Waals surface area contributed by atoms with Crippen LogP contribution < -0.4 is 0 Å². The van der Waals surface area contributed by atoms with E-state index in [2.05, 4.69) is 0 Å². The first-order valence-corrected chi connectivity index (χ1v) is 14.9. The normalized spacial score (nSPS) is 39.0. The summed E-state index contributed by atoms with van der Waals surface area (Å²) in [5, 5.41) is 36.0. The van der Waals surface area contributed by atoms with Crippen molar-refractivity contribution in [1.29, 1.82) is 0 Å². The second kappa shape index (κ2) is 10.9. The van der Waals surface area contributed by atoms with Crippen LogP contribution in [0, 0.1) is 22.7 Å². The maximum absolute atomic E-state index is 14.9. The molecule has 2 saturated carbocycles. The number of carbonyl (C=O) groups excluding carboxylic acids is 4. The van der Waals surface area contributed by atoms with E-state index in [1.54, 1.807) is 45.9 Å². The van der Waals surface area contributed by atoms with Crippen molar-refractivity contribution in [3.63, 3.8) is 0 Å². The molecule has 3 aliphatic carbocycles. The first-order valence-electron chi connectivity index (χ1n) is 14.9. The van der Waals surface area contributed by atoms with Crippen LogP contribution in [-0.4, -0.2) is 88.0 Å². The summed E-state index contributed by atoms with van der Waals surface area (Å²) in [6.45, 7) is 8.68. The van der Waals surface area contributed by atoms with Crippen LogP contribution in [0.2, 0.25) is 0 Å². The van der Waals surface area contributed by atoms with Crippen LogP contribution in [0.4, 0.5) is 4.79 Å². The topological polar surface area (TPSA) is 175 Å². The Kier molecular flexibility index (Phi) is 7.97. The predicted molar refractivity (Wildman–Crippen MR) is 151 cm³/mol. The summed E-state index contributed by atoms with van der Waals surface area (Å²) in [5.41, 5.74) is -7.03. The maximum Gasteiger partial charge on any atom is 0.509 e. The van der Waals surface area contributed by atoms with Crippen molar-refractivity contribution >= 4 is 23.9 Å². The summed E-state index contributed by atoms with van der Waals surface area (Å²) in [4.78, 5) is 54.0. The number of fused-ring (bicyclic) bond motifs is 5.